The third-order valence-corrected chi connectivity index (χ3v) is 4.60. The van der Waals surface area contributed by atoms with Crippen LogP contribution in [0.3, 0.4) is 0 Å². The third kappa shape index (κ3) is 3.84. The molecule has 2 unspecified atom stereocenters. The van der Waals surface area contributed by atoms with Crippen LogP contribution in [0.15, 0.2) is 30.3 Å². The number of nitriles is 1. The highest BCUT2D eigenvalue weighted by Crippen LogP contribution is 2.27. The summed E-state index contributed by atoms with van der Waals surface area (Å²) in [5, 5.41) is 13.4. The Balaban J connectivity index is 2.13. The quantitative estimate of drug-likeness (QED) is 0.835. The lowest BCUT2D eigenvalue weighted by atomic mass is 9.87. The van der Waals surface area contributed by atoms with Gasteiger partial charge in [0, 0.05) is 12.6 Å². The van der Waals surface area contributed by atoms with Crippen LogP contribution in [0, 0.1) is 11.3 Å². The highest BCUT2D eigenvalue weighted by atomic mass is 15.2. The predicted molar refractivity (Wildman–Crippen MR) is 86.9 cm³/mol. The van der Waals surface area contributed by atoms with Gasteiger partial charge in [0.2, 0.25) is 0 Å². The van der Waals surface area contributed by atoms with Gasteiger partial charge >= 0.3 is 0 Å². The van der Waals surface area contributed by atoms with Crippen molar-refractivity contribution in [2.24, 2.45) is 0 Å². The van der Waals surface area contributed by atoms with Crippen LogP contribution in [0.4, 0.5) is 0 Å². The Kier molecular flexibility index (Phi) is 5.78. The Morgan fingerprint density at radius 2 is 2.14 bits per heavy atom. The van der Waals surface area contributed by atoms with E-state index in [0.717, 1.165) is 31.5 Å². The number of hydrogen-bond acceptors (Lipinski definition) is 3. The minimum atomic E-state index is -0.556. The molecule has 0 spiro atoms. The van der Waals surface area contributed by atoms with Crippen LogP contribution < -0.4 is 5.32 Å². The molecular formula is C18H27N3. The second kappa shape index (κ2) is 7.59. The lowest BCUT2D eigenvalue weighted by Gasteiger charge is -2.31. The fourth-order valence-electron chi connectivity index (χ4n) is 3.19. The van der Waals surface area contributed by atoms with Gasteiger partial charge in [0.1, 0.15) is 5.54 Å². The molecule has 114 valence electrons. The molecule has 3 nitrogen and oxygen atoms in total. The molecule has 2 rings (SSSR count). The summed E-state index contributed by atoms with van der Waals surface area (Å²) in [4.78, 5) is 2.52. The van der Waals surface area contributed by atoms with Crippen LogP contribution in [0.25, 0.3) is 0 Å². The van der Waals surface area contributed by atoms with Crippen molar-refractivity contribution in [3.05, 3.63) is 35.9 Å². The Bertz CT molecular complexity index is 465. The molecule has 0 aliphatic carbocycles. The standard InChI is InChI=1S/C18H27N3/c1-3-12-20-18(15-19,17-9-5-4-6-10-17)11-14-21-13-7-8-16(21)2/h4-6,9-10,16,20H,3,7-8,11-14H2,1-2H3. The van der Waals surface area contributed by atoms with Gasteiger partial charge in [-0.1, -0.05) is 37.3 Å². The minimum Gasteiger partial charge on any atom is -0.301 e. The first-order valence-corrected chi connectivity index (χ1v) is 8.17. The summed E-state index contributed by atoms with van der Waals surface area (Å²) in [5.41, 5.74) is 0.535. The Hall–Kier alpha value is -1.37. The van der Waals surface area contributed by atoms with Crippen molar-refractivity contribution < 1.29 is 0 Å². The molecule has 0 saturated carbocycles. The molecule has 1 aliphatic rings. The summed E-state index contributed by atoms with van der Waals surface area (Å²) in [7, 11) is 0. The van der Waals surface area contributed by atoms with Crippen LogP contribution in [-0.2, 0) is 5.54 Å². The lowest BCUT2D eigenvalue weighted by Crippen LogP contribution is -2.44. The number of nitrogens with one attached hydrogen (secondary N) is 1. The Morgan fingerprint density at radius 1 is 1.38 bits per heavy atom. The van der Waals surface area contributed by atoms with Crippen molar-refractivity contribution in [3.8, 4) is 6.07 Å². The molecule has 2 atom stereocenters. The van der Waals surface area contributed by atoms with E-state index < -0.39 is 5.54 Å². The van der Waals surface area contributed by atoms with Gasteiger partial charge < -0.3 is 4.90 Å². The lowest BCUT2D eigenvalue weighted by molar-refractivity contribution is 0.235. The number of rotatable bonds is 7. The van der Waals surface area contributed by atoms with Crippen molar-refractivity contribution in [1.29, 1.82) is 5.26 Å². The van der Waals surface area contributed by atoms with E-state index in [1.54, 1.807) is 0 Å². The zero-order valence-electron chi connectivity index (χ0n) is 13.3. The molecule has 1 aromatic rings. The SMILES string of the molecule is CCCNC(C#N)(CCN1CCCC1C)c1ccccc1. The zero-order chi connectivity index (χ0) is 15.1. The Morgan fingerprint density at radius 3 is 2.71 bits per heavy atom. The maximum Gasteiger partial charge on any atom is 0.133 e. The number of nitrogens with zero attached hydrogens (tertiary/aromatic N) is 2. The van der Waals surface area contributed by atoms with Crippen molar-refractivity contribution in [2.75, 3.05) is 19.6 Å². The second-order valence-electron chi connectivity index (χ2n) is 6.09. The summed E-state index contributed by atoms with van der Waals surface area (Å²) >= 11 is 0. The van der Waals surface area contributed by atoms with Gasteiger partial charge in [-0.05, 0) is 51.3 Å². The van der Waals surface area contributed by atoms with Crippen LogP contribution >= 0.6 is 0 Å². The molecule has 21 heavy (non-hydrogen) atoms. The molecule has 1 N–H and O–H groups in total. The fraction of sp³-hybridized carbons (Fsp3) is 0.611. The number of benzene rings is 1. The molecule has 1 aromatic carbocycles. The maximum absolute atomic E-state index is 9.87. The van der Waals surface area contributed by atoms with E-state index in [1.165, 1.54) is 19.4 Å². The van der Waals surface area contributed by atoms with Crippen LogP contribution in [0.5, 0.6) is 0 Å². The van der Waals surface area contributed by atoms with Gasteiger partial charge in [0.15, 0.2) is 0 Å². The van der Waals surface area contributed by atoms with E-state index in [4.69, 9.17) is 0 Å². The van der Waals surface area contributed by atoms with Crippen molar-refractivity contribution >= 4 is 0 Å². The molecule has 0 amide bonds. The molecule has 0 aromatic heterocycles. The first-order valence-electron chi connectivity index (χ1n) is 8.17. The minimum absolute atomic E-state index is 0.556. The first kappa shape index (κ1) is 16.0. The number of hydrogen-bond donors (Lipinski definition) is 1. The average molecular weight is 285 g/mol. The molecule has 1 heterocycles. The second-order valence-corrected chi connectivity index (χ2v) is 6.09. The molecule has 1 saturated heterocycles. The topological polar surface area (TPSA) is 39.1 Å². The fourth-order valence-corrected chi connectivity index (χ4v) is 3.19. The van der Waals surface area contributed by atoms with Gasteiger partial charge in [-0.3, -0.25) is 5.32 Å². The molecular weight excluding hydrogens is 258 g/mol. The van der Waals surface area contributed by atoms with Crippen LogP contribution in [0.1, 0.15) is 45.1 Å². The first-order chi connectivity index (χ1) is 10.2. The van der Waals surface area contributed by atoms with E-state index in [-0.39, 0.29) is 0 Å². The molecule has 3 heteroatoms. The number of likely N-dealkylation sites (tertiary alicyclic amines) is 1. The predicted octanol–water partition coefficient (Wildman–Crippen LogP) is 3.28. The van der Waals surface area contributed by atoms with Gasteiger partial charge in [0.25, 0.3) is 0 Å². The summed E-state index contributed by atoms with van der Waals surface area (Å²) in [6.45, 7) is 7.47. The van der Waals surface area contributed by atoms with E-state index >= 15 is 0 Å². The summed E-state index contributed by atoms with van der Waals surface area (Å²) in [6.07, 6.45) is 4.45. The summed E-state index contributed by atoms with van der Waals surface area (Å²) in [6, 6.07) is 13.4. The zero-order valence-corrected chi connectivity index (χ0v) is 13.3. The van der Waals surface area contributed by atoms with Crippen LogP contribution in [0.2, 0.25) is 0 Å². The van der Waals surface area contributed by atoms with Crippen LogP contribution in [-0.4, -0.2) is 30.6 Å². The smallest absolute Gasteiger partial charge is 0.133 e. The molecule has 0 radical (unpaired) electrons. The summed E-state index contributed by atoms with van der Waals surface area (Å²) < 4.78 is 0. The highest BCUT2D eigenvalue weighted by Gasteiger charge is 2.33. The van der Waals surface area contributed by atoms with E-state index in [1.807, 2.05) is 18.2 Å². The van der Waals surface area contributed by atoms with Crippen molar-refractivity contribution in [3.63, 3.8) is 0 Å². The summed E-state index contributed by atoms with van der Waals surface area (Å²) in [5.74, 6) is 0. The van der Waals surface area contributed by atoms with Gasteiger partial charge in [-0.25, -0.2) is 0 Å². The molecule has 1 fully saturated rings. The normalized spacial score (nSPS) is 21.9. The van der Waals surface area contributed by atoms with E-state index in [0.29, 0.717) is 6.04 Å². The van der Waals surface area contributed by atoms with Gasteiger partial charge in [-0.2, -0.15) is 5.26 Å². The highest BCUT2D eigenvalue weighted by molar-refractivity contribution is 5.31. The largest absolute Gasteiger partial charge is 0.301 e. The van der Waals surface area contributed by atoms with E-state index in [2.05, 4.69) is 42.3 Å². The average Bonchev–Trinajstić information content (AvgIpc) is 2.94. The van der Waals surface area contributed by atoms with Gasteiger partial charge in [-0.15, -0.1) is 0 Å². The molecule has 1 aliphatic heterocycles. The monoisotopic (exact) mass is 285 g/mol. The Labute approximate surface area is 129 Å². The molecule has 0 bridgehead atoms. The third-order valence-electron chi connectivity index (χ3n) is 4.60. The van der Waals surface area contributed by atoms with E-state index in [9.17, 15) is 5.26 Å². The van der Waals surface area contributed by atoms with Gasteiger partial charge in [0.05, 0.1) is 6.07 Å². The maximum atomic E-state index is 9.87. The van der Waals surface area contributed by atoms with Crippen molar-refractivity contribution in [1.82, 2.24) is 10.2 Å². The van der Waals surface area contributed by atoms with Crippen molar-refractivity contribution in [2.45, 2.75) is 51.1 Å².